The van der Waals surface area contributed by atoms with Crippen LogP contribution in [0, 0.1) is 0 Å². The number of hydrogen-bond acceptors (Lipinski definition) is 2. The summed E-state index contributed by atoms with van der Waals surface area (Å²) in [7, 11) is 1.69. The lowest BCUT2D eigenvalue weighted by molar-refractivity contribution is -0.694. The molecular formula is C20H20NOS+. The second kappa shape index (κ2) is 7.34. The third-order valence-electron chi connectivity index (χ3n) is 3.83. The molecule has 0 saturated heterocycles. The van der Waals surface area contributed by atoms with E-state index in [0.29, 0.717) is 0 Å². The number of pyridine rings is 1. The summed E-state index contributed by atoms with van der Waals surface area (Å²) in [6.07, 6.45) is 6.38. The molecule has 23 heavy (non-hydrogen) atoms. The van der Waals surface area contributed by atoms with Crippen molar-refractivity contribution in [3.8, 4) is 5.75 Å². The minimum atomic E-state index is 0.827. The molecule has 0 N–H and O–H groups in total. The Bertz CT molecular complexity index is 842. The molecule has 3 heteroatoms. The number of fused-ring (bicyclic) bond motifs is 1. The van der Waals surface area contributed by atoms with Crippen LogP contribution in [0.5, 0.6) is 5.75 Å². The predicted octanol–water partition coefficient (Wildman–Crippen LogP) is 4.24. The third kappa shape index (κ3) is 3.74. The normalized spacial score (nSPS) is 11.2. The molecule has 0 spiro atoms. The summed E-state index contributed by atoms with van der Waals surface area (Å²) >= 11 is 4.32. The van der Waals surface area contributed by atoms with E-state index in [9.17, 15) is 0 Å². The van der Waals surface area contributed by atoms with E-state index in [0.717, 1.165) is 18.0 Å². The van der Waals surface area contributed by atoms with Crippen LogP contribution < -0.4 is 9.30 Å². The second-order valence-electron chi connectivity index (χ2n) is 5.35. The van der Waals surface area contributed by atoms with Gasteiger partial charge in [-0.15, -0.1) is 0 Å². The molecule has 0 radical (unpaired) electrons. The van der Waals surface area contributed by atoms with Crippen LogP contribution in [0.2, 0.25) is 0 Å². The van der Waals surface area contributed by atoms with Crippen LogP contribution in [-0.2, 0) is 6.54 Å². The molecule has 0 fully saturated rings. The summed E-state index contributed by atoms with van der Waals surface area (Å²) in [5, 5.41) is 2.40. The highest BCUT2D eigenvalue weighted by molar-refractivity contribution is 7.80. The zero-order valence-corrected chi connectivity index (χ0v) is 14.0. The number of nitrogens with zero attached hydrogens (tertiary/aromatic N) is 1. The lowest BCUT2D eigenvalue weighted by Crippen LogP contribution is -2.37. The van der Waals surface area contributed by atoms with Gasteiger partial charge < -0.3 is 4.74 Å². The quantitative estimate of drug-likeness (QED) is 0.548. The Labute approximate surface area is 142 Å². The standard InChI is InChI=1S/C20H19NOS/c1-22-20-10-8-17-14-16(5-7-18(17)15-20)6-9-19-4-2-3-11-21(19)12-13-23/h2-11,14-15H,12-13H2,1H3/p+1/b9-6+. The van der Waals surface area contributed by atoms with Crippen molar-refractivity contribution in [3.63, 3.8) is 0 Å². The molecule has 0 saturated carbocycles. The van der Waals surface area contributed by atoms with Gasteiger partial charge in [0.2, 0.25) is 5.69 Å². The minimum Gasteiger partial charge on any atom is -0.497 e. The van der Waals surface area contributed by atoms with Crippen molar-refractivity contribution in [2.24, 2.45) is 0 Å². The van der Waals surface area contributed by atoms with Crippen molar-refractivity contribution < 1.29 is 9.30 Å². The first-order chi connectivity index (χ1) is 11.3. The topological polar surface area (TPSA) is 13.1 Å². The molecule has 0 unspecified atom stereocenters. The molecule has 1 aromatic heterocycles. The zero-order valence-electron chi connectivity index (χ0n) is 13.1. The number of aryl methyl sites for hydroxylation is 1. The Balaban J connectivity index is 1.89. The molecule has 0 atom stereocenters. The van der Waals surface area contributed by atoms with E-state index in [1.807, 2.05) is 12.1 Å². The van der Waals surface area contributed by atoms with Crippen LogP contribution in [0.15, 0.2) is 60.8 Å². The SMILES string of the molecule is COc1ccc2cc(/C=C/c3cccc[n+]3CCS)ccc2c1. The maximum atomic E-state index is 5.27. The maximum absolute atomic E-state index is 5.27. The lowest BCUT2D eigenvalue weighted by atomic mass is 10.1. The van der Waals surface area contributed by atoms with Gasteiger partial charge in [0.25, 0.3) is 0 Å². The molecule has 0 amide bonds. The fourth-order valence-corrected chi connectivity index (χ4v) is 2.82. The highest BCUT2D eigenvalue weighted by atomic mass is 32.1. The van der Waals surface area contributed by atoms with Crippen molar-refractivity contribution in [2.45, 2.75) is 6.54 Å². The fourth-order valence-electron chi connectivity index (χ4n) is 2.61. The highest BCUT2D eigenvalue weighted by Gasteiger charge is 2.04. The van der Waals surface area contributed by atoms with Gasteiger partial charge in [-0.2, -0.15) is 17.2 Å². The van der Waals surface area contributed by atoms with Crippen LogP contribution in [0.3, 0.4) is 0 Å². The largest absolute Gasteiger partial charge is 0.497 e. The number of hydrogen-bond donors (Lipinski definition) is 1. The predicted molar refractivity (Wildman–Crippen MR) is 99.9 cm³/mol. The number of thiol groups is 1. The van der Waals surface area contributed by atoms with Gasteiger partial charge >= 0.3 is 0 Å². The Kier molecular flexibility index (Phi) is 4.99. The van der Waals surface area contributed by atoms with Gasteiger partial charge in [-0.05, 0) is 46.7 Å². The molecule has 0 bridgehead atoms. The van der Waals surface area contributed by atoms with E-state index >= 15 is 0 Å². The summed E-state index contributed by atoms with van der Waals surface area (Å²) in [5.41, 5.74) is 2.36. The van der Waals surface area contributed by atoms with Gasteiger partial charge in [-0.25, -0.2) is 0 Å². The maximum Gasteiger partial charge on any atom is 0.205 e. The van der Waals surface area contributed by atoms with E-state index < -0.39 is 0 Å². The van der Waals surface area contributed by atoms with E-state index in [2.05, 4.69) is 78.0 Å². The lowest BCUT2D eigenvalue weighted by Gasteiger charge is -2.03. The molecular weight excluding hydrogens is 302 g/mol. The molecule has 2 nitrogen and oxygen atoms in total. The van der Waals surface area contributed by atoms with Gasteiger partial charge in [-0.1, -0.05) is 18.2 Å². The van der Waals surface area contributed by atoms with Crippen LogP contribution in [0.1, 0.15) is 11.3 Å². The van der Waals surface area contributed by atoms with E-state index in [-0.39, 0.29) is 0 Å². The number of methoxy groups -OCH3 is 1. The van der Waals surface area contributed by atoms with Gasteiger partial charge in [-0.3, -0.25) is 0 Å². The molecule has 2 aromatic carbocycles. The van der Waals surface area contributed by atoms with Crippen LogP contribution >= 0.6 is 12.6 Å². The summed E-state index contributed by atoms with van der Waals surface area (Å²) in [5.74, 6) is 1.71. The van der Waals surface area contributed by atoms with Crippen molar-refractivity contribution >= 4 is 35.6 Å². The fraction of sp³-hybridized carbons (Fsp3) is 0.150. The average molecular weight is 322 g/mol. The van der Waals surface area contributed by atoms with Crippen molar-refractivity contribution in [3.05, 3.63) is 72.1 Å². The van der Waals surface area contributed by atoms with Gasteiger partial charge in [0, 0.05) is 24.0 Å². The minimum absolute atomic E-state index is 0.827. The van der Waals surface area contributed by atoms with Gasteiger partial charge in [0.05, 0.1) is 7.11 Å². The van der Waals surface area contributed by atoms with E-state index in [1.165, 1.54) is 22.0 Å². The van der Waals surface area contributed by atoms with Crippen LogP contribution in [-0.4, -0.2) is 12.9 Å². The molecule has 116 valence electrons. The van der Waals surface area contributed by atoms with Gasteiger partial charge in [0.15, 0.2) is 12.7 Å². The molecule has 0 aliphatic rings. The monoisotopic (exact) mass is 322 g/mol. The highest BCUT2D eigenvalue weighted by Crippen LogP contribution is 2.22. The number of benzene rings is 2. The number of rotatable bonds is 5. The van der Waals surface area contributed by atoms with Crippen molar-refractivity contribution in [1.82, 2.24) is 0 Å². The van der Waals surface area contributed by atoms with Crippen LogP contribution in [0.4, 0.5) is 0 Å². The summed E-state index contributed by atoms with van der Waals surface area (Å²) in [6.45, 7) is 0.904. The average Bonchev–Trinajstić information content (AvgIpc) is 2.60. The third-order valence-corrected chi connectivity index (χ3v) is 4.03. The first kappa shape index (κ1) is 15.6. The van der Waals surface area contributed by atoms with Crippen molar-refractivity contribution in [2.75, 3.05) is 12.9 Å². The first-order valence-corrected chi connectivity index (χ1v) is 8.28. The Hall–Kier alpha value is -2.26. The Morgan fingerprint density at radius 3 is 2.65 bits per heavy atom. The van der Waals surface area contributed by atoms with E-state index in [1.54, 1.807) is 7.11 Å². The first-order valence-electron chi connectivity index (χ1n) is 7.65. The summed E-state index contributed by atoms with van der Waals surface area (Å²) < 4.78 is 7.47. The Morgan fingerprint density at radius 2 is 1.83 bits per heavy atom. The van der Waals surface area contributed by atoms with E-state index in [4.69, 9.17) is 4.74 Å². The zero-order chi connectivity index (χ0) is 16.1. The number of aromatic nitrogens is 1. The van der Waals surface area contributed by atoms with Gasteiger partial charge in [0.1, 0.15) is 5.75 Å². The number of ether oxygens (including phenoxy) is 1. The molecule has 3 aromatic rings. The second-order valence-corrected chi connectivity index (χ2v) is 5.80. The summed E-state index contributed by atoms with van der Waals surface area (Å²) in [6, 6.07) is 18.8. The van der Waals surface area contributed by atoms with Crippen LogP contribution in [0.25, 0.3) is 22.9 Å². The molecule has 1 heterocycles. The summed E-state index contributed by atoms with van der Waals surface area (Å²) in [4.78, 5) is 0. The molecule has 3 rings (SSSR count). The Morgan fingerprint density at radius 1 is 1.00 bits per heavy atom. The smallest absolute Gasteiger partial charge is 0.205 e. The van der Waals surface area contributed by atoms with Crippen molar-refractivity contribution in [1.29, 1.82) is 0 Å². The molecule has 0 aliphatic carbocycles. The molecule has 0 aliphatic heterocycles.